The molecule has 3 nitrogen and oxygen atoms in total. The molecule has 0 bridgehead atoms. The van der Waals surface area contributed by atoms with Crippen molar-refractivity contribution >= 4 is 22.0 Å². The van der Waals surface area contributed by atoms with Crippen LogP contribution in [-0.4, -0.2) is 23.6 Å². The van der Waals surface area contributed by atoms with Crippen LogP contribution in [0.1, 0.15) is 32.3 Å². The fourth-order valence-corrected chi connectivity index (χ4v) is 2.12. The number of carbonyl (C=O) groups excluding carboxylic acids is 1. The normalized spacial score (nSPS) is 12.9. The molecule has 1 N–H and O–H groups in total. The first-order valence-electron chi connectivity index (χ1n) is 6.10. The molecule has 0 aliphatic heterocycles. The number of benzene rings is 1. The average molecular weight is 332 g/mol. The third kappa shape index (κ3) is 6.05. The Balaban J connectivity index is 2.54. The predicted octanol–water partition coefficient (Wildman–Crippen LogP) is 3.83. The number of ether oxygens (including phenoxy) is 1. The first kappa shape index (κ1) is 16.0. The average Bonchev–Trinajstić information content (AvgIpc) is 2.29. The van der Waals surface area contributed by atoms with Crippen LogP contribution in [0.25, 0.3) is 0 Å². The number of nitrogens with one attached hydrogen (secondary N) is 1. The van der Waals surface area contributed by atoms with Gasteiger partial charge in [-0.2, -0.15) is 0 Å². The Morgan fingerprint density at radius 2 is 1.95 bits per heavy atom. The van der Waals surface area contributed by atoms with Crippen LogP contribution < -0.4 is 5.32 Å². The van der Waals surface area contributed by atoms with Gasteiger partial charge in [-0.1, -0.05) is 28.1 Å². The summed E-state index contributed by atoms with van der Waals surface area (Å²) in [5.41, 5.74) is 0.457. The van der Waals surface area contributed by atoms with E-state index in [1.54, 1.807) is 12.1 Å². The zero-order valence-electron chi connectivity index (χ0n) is 11.4. The third-order valence-electron chi connectivity index (χ3n) is 2.42. The van der Waals surface area contributed by atoms with E-state index in [1.165, 1.54) is 12.1 Å². The van der Waals surface area contributed by atoms with Crippen molar-refractivity contribution in [3.05, 3.63) is 35.6 Å². The molecule has 1 unspecified atom stereocenters. The lowest BCUT2D eigenvalue weighted by Crippen LogP contribution is -2.35. The molecular weight excluding hydrogens is 313 g/mol. The number of rotatable bonds is 4. The van der Waals surface area contributed by atoms with E-state index in [0.717, 1.165) is 5.56 Å². The van der Waals surface area contributed by atoms with Crippen molar-refractivity contribution in [2.75, 3.05) is 11.9 Å². The molecule has 106 valence electrons. The Morgan fingerprint density at radius 1 is 1.37 bits per heavy atom. The Bertz CT molecular complexity index is 414. The largest absolute Gasteiger partial charge is 0.444 e. The summed E-state index contributed by atoms with van der Waals surface area (Å²) in [6, 6.07) is 6.27. The van der Waals surface area contributed by atoms with Crippen molar-refractivity contribution in [2.45, 2.75) is 32.3 Å². The molecule has 0 aliphatic carbocycles. The molecule has 1 amide bonds. The topological polar surface area (TPSA) is 38.3 Å². The van der Waals surface area contributed by atoms with Crippen LogP contribution in [-0.2, 0) is 4.74 Å². The molecule has 19 heavy (non-hydrogen) atoms. The van der Waals surface area contributed by atoms with Crippen molar-refractivity contribution in [1.29, 1.82) is 0 Å². The zero-order chi connectivity index (χ0) is 14.5. The van der Waals surface area contributed by atoms with Crippen molar-refractivity contribution in [2.24, 2.45) is 0 Å². The molecule has 0 fully saturated rings. The Hall–Kier alpha value is -1.10. The Labute approximate surface area is 121 Å². The number of amides is 1. The second-order valence-electron chi connectivity index (χ2n) is 5.29. The standard InChI is InChI=1S/C14H19BrFNO2/c1-14(2,3)19-13(18)17-9-11(8-15)10-4-6-12(16)7-5-10/h4-7,11H,8-9H2,1-3H3,(H,17,18). The van der Waals surface area contributed by atoms with E-state index < -0.39 is 11.7 Å². The molecule has 0 aromatic heterocycles. The summed E-state index contributed by atoms with van der Waals surface area (Å²) in [4.78, 5) is 11.6. The van der Waals surface area contributed by atoms with Gasteiger partial charge in [0.05, 0.1) is 0 Å². The highest BCUT2D eigenvalue weighted by atomic mass is 79.9. The van der Waals surface area contributed by atoms with Gasteiger partial charge in [0.15, 0.2) is 0 Å². The first-order chi connectivity index (χ1) is 8.81. The summed E-state index contributed by atoms with van der Waals surface area (Å²) >= 11 is 3.40. The number of hydrogen-bond donors (Lipinski definition) is 1. The second kappa shape index (κ2) is 6.89. The number of carbonyl (C=O) groups is 1. The minimum Gasteiger partial charge on any atom is -0.444 e. The molecule has 0 radical (unpaired) electrons. The highest BCUT2D eigenvalue weighted by Gasteiger charge is 2.17. The third-order valence-corrected chi connectivity index (χ3v) is 3.20. The maximum Gasteiger partial charge on any atom is 0.407 e. The second-order valence-corrected chi connectivity index (χ2v) is 5.93. The zero-order valence-corrected chi connectivity index (χ0v) is 13.0. The maximum absolute atomic E-state index is 12.9. The van der Waals surface area contributed by atoms with Gasteiger partial charge in [-0.3, -0.25) is 0 Å². The quantitative estimate of drug-likeness (QED) is 0.851. The highest BCUT2D eigenvalue weighted by Crippen LogP contribution is 2.18. The minimum atomic E-state index is -0.510. The predicted molar refractivity (Wildman–Crippen MR) is 77.2 cm³/mol. The van der Waals surface area contributed by atoms with E-state index in [1.807, 2.05) is 20.8 Å². The van der Waals surface area contributed by atoms with Crippen LogP contribution in [0, 0.1) is 5.82 Å². The highest BCUT2D eigenvalue weighted by molar-refractivity contribution is 9.09. The lowest BCUT2D eigenvalue weighted by molar-refractivity contribution is 0.0525. The van der Waals surface area contributed by atoms with Crippen LogP contribution in [0.3, 0.4) is 0 Å². The summed E-state index contributed by atoms with van der Waals surface area (Å²) in [5, 5.41) is 3.39. The smallest absolute Gasteiger partial charge is 0.407 e. The van der Waals surface area contributed by atoms with Gasteiger partial charge in [0.25, 0.3) is 0 Å². The van der Waals surface area contributed by atoms with Gasteiger partial charge < -0.3 is 10.1 Å². The molecule has 0 spiro atoms. The molecule has 0 saturated carbocycles. The molecule has 1 aromatic carbocycles. The van der Waals surface area contributed by atoms with E-state index in [9.17, 15) is 9.18 Å². The summed E-state index contributed by atoms with van der Waals surface area (Å²) in [6.45, 7) is 5.88. The van der Waals surface area contributed by atoms with Gasteiger partial charge in [0.2, 0.25) is 0 Å². The van der Waals surface area contributed by atoms with Gasteiger partial charge in [-0.05, 0) is 38.5 Å². The van der Waals surface area contributed by atoms with Crippen molar-refractivity contribution in [3.8, 4) is 0 Å². The summed E-state index contributed by atoms with van der Waals surface area (Å²) < 4.78 is 18.0. The van der Waals surface area contributed by atoms with E-state index in [2.05, 4.69) is 21.2 Å². The van der Waals surface area contributed by atoms with Crippen molar-refractivity contribution < 1.29 is 13.9 Å². The van der Waals surface area contributed by atoms with E-state index in [-0.39, 0.29) is 11.7 Å². The van der Waals surface area contributed by atoms with Crippen molar-refractivity contribution in [1.82, 2.24) is 5.32 Å². The van der Waals surface area contributed by atoms with Gasteiger partial charge >= 0.3 is 6.09 Å². The maximum atomic E-state index is 12.9. The first-order valence-corrected chi connectivity index (χ1v) is 7.22. The van der Waals surface area contributed by atoms with Crippen LogP contribution in [0.5, 0.6) is 0 Å². The van der Waals surface area contributed by atoms with Gasteiger partial charge in [-0.25, -0.2) is 9.18 Å². The van der Waals surface area contributed by atoms with Crippen LogP contribution >= 0.6 is 15.9 Å². The SMILES string of the molecule is CC(C)(C)OC(=O)NCC(CBr)c1ccc(F)cc1. The van der Waals surface area contributed by atoms with Gasteiger partial charge in [0, 0.05) is 17.8 Å². The monoisotopic (exact) mass is 331 g/mol. The summed E-state index contributed by atoms with van der Waals surface area (Å²) in [5.74, 6) is -0.190. The fraction of sp³-hybridized carbons (Fsp3) is 0.500. The molecule has 1 aromatic rings. The van der Waals surface area contributed by atoms with E-state index in [4.69, 9.17) is 4.74 Å². The van der Waals surface area contributed by atoms with E-state index >= 15 is 0 Å². The van der Waals surface area contributed by atoms with Crippen LogP contribution in [0.2, 0.25) is 0 Å². The summed E-state index contributed by atoms with van der Waals surface area (Å²) in [7, 11) is 0. The van der Waals surface area contributed by atoms with Crippen molar-refractivity contribution in [3.63, 3.8) is 0 Å². The number of halogens is 2. The molecule has 0 heterocycles. The lowest BCUT2D eigenvalue weighted by atomic mass is 10.0. The molecular formula is C14H19BrFNO2. The summed E-state index contributed by atoms with van der Waals surface area (Å²) in [6.07, 6.45) is -0.444. The lowest BCUT2D eigenvalue weighted by Gasteiger charge is -2.21. The van der Waals surface area contributed by atoms with Crippen LogP contribution in [0.15, 0.2) is 24.3 Å². The fourth-order valence-electron chi connectivity index (χ4n) is 1.52. The Morgan fingerprint density at radius 3 is 2.42 bits per heavy atom. The number of alkyl halides is 1. The molecule has 5 heteroatoms. The van der Waals surface area contributed by atoms with E-state index in [0.29, 0.717) is 11.9 Å². The minimum absolute atomic E-state index is 0.0770. The molecule has 0 aliphatic rings. The molecule has 0 saturated heterocycles. The molecule has 1 atom stereocenters. The molecule has 1 rings (SSSR count). The number of hydrogen-bond acceptors (Lipinski definition) is 2. The number of alkyl carbamates (subject to hydrolysis) is 1. The van der Waals surface area contributed by atoms with Crippen LogP contribution in [0.4, 0.5) is 9.18 Å². The Kier molecular flexibility index (Phi) is 5.79. The van der Waals surface area contributed by atoms with Gasteiger partial charge in [0.1, 0.15) is 11.4 Å². The van der Waals surface area contributed by atoms with Gasteiger partial charge in [-0.15, -0.1) is 0 Å².